The molecule has 0 saturated carbocycles. The van der Waals surface area contributed by atoms with Crippen LogP contribution < -0.4 is 4.74 Å². The van der Waals surface area contributed by atoms with Gasteiger partial charge in [-0.1, -0.05) is 72.8 Å². The van der Waals surface area contributed by atoms with E-state index in [1.807, 2.05) is 86.9 Å². The summed E-state index contributed by atoms with van der Waals surface area (Å²) in [5.41, 5.74) is 2.28. The van der Waals surface area contributed by atoms with Crippen molar-refractivity contribution in [3.8, 4) is 5.75 Å². The Morgan fingerprint density at radius 1 is 0.793 bits per heavy atom. The Hall–Kier alpha value is -2.33. The second-order valence-corrected chi connectivity index (χ2v) is 7.55. The highest BCUT2D eigenvalue weighted by atomic mass is 35.5. The van der Waals surface area contributed by atoms with Crippen LogP contribution in [-0.2, 0) is 18.6 Å². The summed E-state index contributed by atoms with van der Waals surface area (Å²) in [4.78, 5) is 2.10. The second kappa shape index (κ2) is 11.0. The minimum atomic E-state index is -0.913. The minimum absolute atomic E-state index is 0. The molecule has 3 aromatic carbocycles. The topological polar surface area (TPSA) is 32.7 Å². The molecule has 0 spiro atoms. The summed E-state index contributed by atoms with van der Waals surface area (Å²) in [5.74, 6) is 0.808. The van der Waals surface area contributed by atoms with Crippen molar-refractivity contribution in [3.63, 3.8) is 0 Å². The average molecular weight is 412 g/mol. The van der Waals surface area contributed by atoms with Gasteiger partial charge in [0.15, 0.2) is 0 Å². The fraction of sp³-hybridized carbons (Fsp3) is 0.280. The van der Waals surface area contributed by atoms with Crippen LogP contribution in [0.15, 0.2) is 84.9 Å². The van der Waals surface area contributed by atoms with Gasteiger partial charge in [-0.15, -0.1) is 12.4 Å². The number of ether oxygens (including phenoxy) is 1. The van der Waals surface area contributed by atoms with Gasteiger partial charge in [0.05, 0.1) is 5.60 Å². The van der Waals surface area contributed by atoms with Crippen molar-refractivity contribution in [2.24, 2.45) is 0 Å². The van der Waals surface area contributed by atoms with E-state index in [-0.39, 0.29) is 12.4 Å². The molecule has 0 aliphatic heterocycles. The van der Waals surface area contributed by atoms with E-state index in [2.05, 4.69) is 17.0 Å². The van der Waals surface area contributed by atoms with Gasteiger partial charge in [-0.2, -0.15) is 0 Å². The Morgan fingerprint density at radius 3 is 1.90 bits per heavy atom. The van der Waals surface area contributed by atoms with E-state index in [1.165, 1.54) is 0 Å². The van der Waals surface area contributed by atoms with Gasteiger partial charge in [0, 0.05) is 13.0 Å². The van der Waals surface area contributed by atoms with Crippen LogP contribution >= 0.6 is 12.4 Å². The summed E-state index contributed by atoms with van der Waals surface area (Å²) >= 11 is 0. The van der Waals surface area contributed by atoms with Gasteiger partial charge in [0.2, 0.25) is 0 Å². The summed E-state index contributed by atoms with van der Waals surface area (Å²) in [7, 11) is 4.06. The largest absolute Gasteiger partial charge is 0.489 e. The van der Waals surface area contributed by atoms with E-state index in [0.29, 0.717) is 19.4 Å². The van der Waals surface area contributed by atoms with Crippen molar-refractivity contribution >= 4 is 12.4 Å². The molecule has 0 aliphatic carbocycles. The summed E-state index contributed by atoms with van der Waals surface area (Å²) < 4.78 is 5.89. The fourth-order valence-electron chi connectivity index (χ4n) is 3.28. The summed E-state index contributed by atoms with van der Waals surface area (Å²) in [6.45, 7) is 1.35. The molecule has 0 saturated heterocycles. The van der Waals surface area contributed by atoms with E-state index < -0.39 is 5.60 Å². The standard InChI is InChI=1S/C25H29NO2.ClH/c1-26(2)18-17-25(27,19-21-9-5-3-6-10-21)23-13-15-24(16-14-23)28-20-22-11-7-4-8-12-22;/h3-16,27H,17-20H2,1-2H3;1H. The Balaban J connectivity index is 0.00000300. The van der Waals surface area contributed by atoms with Crippen LogP contribution in [0.3, 0.4) is 0 Å². The zero-order valence-corrected chi connectivity index (χ0v) is 17.9. The average Bonchev–Trinajstić information content (AvgIpc) is 2.73. The Bertz CT molecular complexity index is 838. The Kier molecular flexibility index (Phi) is 8.71. The van der Waals surface area contributed by atoms with Crippen molar-refractivity contribution in [3.05, 3.63) is 102 Å². The second-order valence-electron chi connectivity index (χ2n) is 7.55. The molecule has 29 heavy (non-hydrogen) atoms. The zero-order valence-electron chi connectivity index (χ0n) is 17.1. The van der Waals surface area contributed by atoms with Crippen LogP contribution in [0.5, 0.6) is 5.75 Å². The van der Waals surface area contributed by atoms with Gasteiger partial charge >= 0.3 is 0 Å². The third-order valence-electron chi connectivity index (χ3n) is 4.95. The van der Waals surface area contributed by atoms with E-state index in [9.17, 15) is 5.11 Å². The molecule has 154 valence electrons. The summed E-state index contributed by atoms with van der Waals surface area (Å²) in [6, 6.07) is 28.2. The summed E-state index contributed by atoms with van der Waals surface area (Å²) in [5, 5.41) is 11.5. The molecule has 0 radical (unpaired) electrons. The van der Waals surface area contributed by atoms with Crippen LogP contribution in [0.1, 0.15) is 23.1 Å². The van der Waals surface area contributed by atoms with E-state index >= 15 is 0 Å². The quantitative estimate of drug-likeness (QED) is 0.533. The molecule has 3 nitrogen and oxygen atoms in total. The molecule has 0 bridgehead atoms. The number of aliphatic hydroxyl groups is 1. The molecule has 4 heteroatoms. The molecule has 3 aromatic rings. The molecular weight excluding hydrogens is 382 g/mol. The van der Waals surface area contributed by atoms with Crippen LogP contribution in [-0.4, -0.2) is 30.6 Å². The van der Waals surface area contributed by atoms with E-state index in [0.717, 1.165) is 29.0 Å². The maximum atomic E-state index is 11.5. The van der Waals surface area contributed by atoms with Gasteiger partial charge < -0.3 is 14.7 Å². The van der Waals surface area contributed by atoms with Crippen molar-refractivity contribution in [2.45, 2.75) is 25.0 Å². The molecule has 0 aromatic heterocycles. The number of benzene rings is 3. The third-order valence-corrected chi connectivity index (χ3v) is 4.95. The highest BCUT2D eigenvalue weighted by Gasteiger charge is 2.29. The molecule has 1 unspecified atom stereocenters. The van der Waals surface area contributed by atoms with Crippen molar-refractivity contribution in [1.82, 2.24) is 4.90 Å². The minimum Gasteiger partial charge on any atom is -0.489 e. The van der Waals surface area contributed by atoms with Gasteiger partial charge in [-0.05, 0) is 49.3 Å². The van der Waals surface area contributed by atoms with Crippen molar-refractivity contribution < 1.29 is 9.84 Å². The first-order valence-corrected chi connectivity index (χ1v) is 9.73. The van der Waals surface area contributed by atoms with Crippen LogP contribution in [0, 0.1) is 0 Å². The van der Waals surface area contributed by atoms with Crippen molar-refractivity contribution in [2.75, 3.05) is 20.6 Å². The Morgan fingerprint density at radius 2 is 1.34 bits per heavy atom. The lowest BCUT2D eigenvalue weighted by Crippen LogP contribution is -2.32. The highest BCUT2D eigenvalue weighted by molar-refractivity contribution is 5.85. The Labute approximate surface area is 180 Å². The lowest BCUT2D eigenvalue weighted by atomic mass is 9.84. The molecule has 0 aliphatic rings. The lowest BCUT2D eigenvalue weighted by molar-refractivity contribution is 0.0212. The maximum Gasteiger partial charge on any atom is 0.119 e. The van der Waals surface area contributed by atoms with E-state index in [1.54, 1.807) is 0 Å². The zero-order chi connectivity index (χ0) is 19.8. The van der Waals surface area contributed by atoms with Crippen molar-refractivity contribution in [1.29, 1.82) is 0 Å². The molecule has 3 rings (SSSR count). The smallest absolute Gasteiger partial charge is 0.119 e. The summed E-state index contributed by atoms with van der Waals surface area (Å²) in [6.07, 6.45) is 1.25. The highest BCUT2D eigenvalue weighted by Crippen LogP contribution is 2.31. The molecule has 0 fully saturated rings. The molecule has 1 atom stereocenters. The van der Waals surface area contributed by atoms with Gasteiger partial charge in [-0.25, -0.2) is 0 Å². The fourth-order valence-corrected chi connectivity index (χ4v) is 3.28. The molecule has 0 heterocycles. The number of rotatable bonds is 9. The van der Waals surface area contributed by atoms with Crippen LogP contribution in [0.4, 0.5) is 0 Å². The normalized spacial score (nSPS) is 12.8. The number of hydrogen-bond donors (Lipinski definition) is 1. The predicted molar refractivity (Wildman–Crippen MR) is 122 cm³/mol. The van der Waals surface area contributed by atoms with Crippen LogP contribution in [0.25, 0.3) is 0 Å². The lowest BCUT2D eigenvalue weighted by Gasteiger charge is -2.30. The number of halogens is 1. The first-order valence-electron chi connectivity index (χ1n) is 9.73. The van der Waals surface area contributed by atoms with Gasteiger partial charge in [0.25, 0.3) is 0 Å². The van der Waals surface area contributed by atoms with Gasteiger partial charge in [-0.3, -0.25) is 0 Å². The molecule has 1 N–H and O–H groups in total. The van der Waals surface area contributed by atoms with Crippen LogP contribution in [0.2, 0.25) is 0 Å². The monoisotopic (exact) mass is 411 g/mol. The first kappa shape index (κ1) is 23.0. The van der Waals surface area contributed by atoms with Gasteiger partial charge in [0.1, 0.15) is 12.4 Å². The molecule has 0 amide bonds. The first-order chi connectivity index (χ1) is 13.5. The number of hydrogen-bond acceptors (Lipinski definition) is 3. The SMILES string of the molecule is CN(C)CCC(O)(Cc1ccccc1)c1ccc(OCc2ccccc2)cc1.Cl. The molecular formula is C25H30ClNO2. The van der Waals surface area contributed by atoms with E-state index in [4.69, 9.17) is 4.74 Å². The number of nitrogens with zero attached hydrogens (tertiary/aromatic N) is 1. The maximum absolute atomic E-state index is 11.5. The predicted octanol–water partition coefficient (Wildman–Crippen LogP) is 5.07. The third kappa shape index (κ3) is 6.90.